The lowest BCUT2D eigenvalue weighted by atomic mass is 10.2. The molecule has 0 spiro atoms. The topological polar surface area (TPSA) is 96.7 Å². The number of para-hydroxylation sites is 1. The van der Waals surface area contributed by atoms with Gasteiger partial charge in [-0.25, -0.2) is 4.98 Å². The van der Waals surface area contributed by atoms with Gasteiger partial charge in [-0.1, -0.05) is 6.07 Å². The number of hydrogen-bond acceptors (Lipinski definition) is 4. The second-order valence-electron chi connectivity index (χ2n) is 5.08. The number of amides is 1. The summed E-state index contributed by atoms with van der Waals surface area (Å²) in [4.78, 5) is 16.4. The fraction of sp³-hybridized carbons (Fsp3) is 0.357. The Morgan fingerprint density at radius 1 is 1.60 bits per heavy atom. The number of carbonyl (C=O) groups excluding carboxylic acids is 1. The smallest absolute Gasteiger partial charge is 0.243 e. The third-order valence-electron chi connectivity index (χ3n) is 3.56. The van der Waals surface area contributed by atoms with Gasteiger partial charge < -0.3 is 11.1 Å². The van der Waals surface area contributed by atoms with Gasteiger partial charge in [0, 0.05) is 6.04 Å². The lowest BCUT2D eigenvalue weighted by molar-refractivity contribution is -0.123. The van der Waals surface area contributed by atoms with Crippen LogP contribution in [0.5, 0.6) is 0 Å². The number of nitrogens with zero attached hydrogens (tertiary/aromatic N) is 3. The molecule has 6 heteroatoms. The summed E-state index contributed by atoms with van der Waals surface area (Å²) in [6.45, 7) is 1.79. The number of nitrogen functional groups attached to an aromatic ring is 1. The maximum Gasteiger partial charge on any atom is 0.243 e. The van der Waals surface area contributed by atoms with Crippen LogP contribution in [0.25, 0.3) is 11.0 Å². The molecule has 0 aliphatic heterocycles. The van der Waals surface area contributed by atoms with Gasteiger partial charge in [-0.3, -0.25) is 9.36 Å². The summed E-state index contributed by atoms with van der Waals surface area (Å²) in [5.41, 5.74) is 7.63. The SMILES string of the molecule is CC(C(=O)NC1CC1)n1c(N)nc2c(C#N)cccc21. The van der Waals surface area contributed by atoms with Crippen LogP contribution in [0.2, 0.25) is 0 Å². The number of aromatic nitrogens is 2. The number of benzene rings is 1. The third-order valence-corrected chi connectivity index (χ3v) is 3.56. The largest absolute Gasteiger partial charge is 0.369 e. The number of fused-ring (bicyclic) bond motifs is 1. The minimum Gasteiger partial charge on any atom is -0.369 e. The fourth-order valence-corrected chi connectivity index (χ4v) is 2.30. The molecule has 0 radical (unpaired) electrons. The Morgan fingerprint density at radius 2 is 2.35 bits per heavy atom. The van der Waals surface area contributed by atoms with Crippen molar-refractivity contribution in [1.82, 2.24) is 14.9 Å². The van der Waals surface area contributed by atoms with Crippen molar-refractivity contribution in [3.63, 3.8) is 0 Å². The molecule has 1 aromatic heterocycles. The van der Waals surface area contributed by atoms with Gasteiger partial charge in [0.05, 0.1) is 11.1 Å². The average Bonchev–Trinajstić information content (AvgIpc) is 3.17. The summed E-state index contributed by atoms with van der Waals surface area (Å²) < 4.78 is 1.67. The molecule has 102 valence electrons. The number of carbonyl (C=O) groups is 1. The standard InChI is InChI=1S/C14H15N5O/c1-8(13(20)17-10-5-6-10)19-11-4-2-3-9(7-15)12(11)18-14(19)16/h2-4,8,10H,5-6H2,1H3,(H2,16,18)(H,17,20). The number of rotatable bonds is 3. The Morgan fingerprint density at radius 3 is 3.00 bits per heavy atom. The Balaban J connectivity index is 2.04. The van der Waals surface area contributed by atoms with E-state index in [9.17, 15) is 4.79 Å². The van der Waals surface area contributed by atoms with Crippen molar-refractivity contribution < 1.29 is 4.79 Å². The molecule has 1 aliphatic rings. The highest BCUT2D eigenvalue weighted by Gasteiger charge is 2.28. The Bertz CT molecular complexity index is 723. The number of imidazole rings is 1. The second kappa shape index (κ2) is 4.53. The van der Waals surface area contributed by atoms with Gasteiger partial charge in [0.25, 0.3) is 0 Å². The van der Waals surface area contributed by atoms with Crippen molar-refractivity contribution in [1.29, 1.82) is 5.26 Å². The van der Waals surface area contributed by atoms with E-state index in [2.05, 4.69) is 16.4 Å². The van der Waals surface area contributed by atoms with Crippen LogP contribution in [0.4, 0.5) is 5.95 Å². The molecule has 1 amide bonds. The fourth-order valence-electron chi connectivity index (χ4n) is 2.30. The zero-order chi connectivity index (χ0) is 14.3. The second-order valence-corrected chi connectivity index (χ2v) is 5.08. The van der Waals surface area contributed by atoms with Crippen LogP contribution in [0.15, 0.2) is 18.2 Å². The molecule has 3 N–H and O–H groups in total. The molecule has 0 bridgehead atoms. The number of nitrogens with two attached hydrogens (primary N) is 1. The molecule has 1 fully saturated rings. The van der Waals surface area contributed by atoms with E-state index >= 15 is 0 Å². The van der Waals surface area contributed by atoms with Crippen molar-refractivity contribution in [2.24, 2.45) is 0 Å². The number of anilines is 1. The molecule has 1 aromatic carbocycles. The van der Waals surface area contributed by atoms with Gasteiger partial charge in [0.1, 0.15) is 17.6 Å². The van der Waals surface area contributed by atoms with E-state index in [1.807, 2.05) is 6.07 Å². The van der Waals surface area contributed by atoms with E-state index in [1.54, 1.807) is 23.6 Å². The maximum absolute atomic E-state index is 12.2. The van der Waals surface area contributed by atoms with Crippen molar-refractivity contribution in [3.05, 3.63) is 23.8 Å². The number of nitriles is 1. The van der Waals surface area contributed by atoms with Crippen LogP contribution in [-0.2, 0) is 4.79 Å². The quantitative estimate of drug-likeness (QED) is 0.878. The number of nitrogens with one attached hydrogen (secondary N) is 1. The van der Waals surface area contributed by atoms with Gasteiger partial charge in [-0.15, -0.1) is 0 Å². The van der Waals surface area contributed by atoms with Crippen LogP contribution in [0.3, 0.4) is 0 Å². The Hall–Kier alpha value is -2.55. The van der Waals surface area contributed by atoms with Crippen LogP contribution < -0.4 is 11.1 Å². The number of hydrogen-bond donors (Lipinski definition) is 2. The van der Waals surface area contributed by atoms with Gasteiger partial charge in [0.2, 0.25) is 11.9 Å². The van der Waals surface area contributed by atoms with Gasteiger partial charge in [0.15, 0.2) is 0 Å². The first-order valence-corrected chi connectivity index (χ1v) is 6.58. The molecule has 1 aliphatic carbocycles. The van der Waals surface area contributed by atoms with E-state index in [1.165, 1.54) is 0 Å². The molecule has 2 aromatic rings. The monoisotopic (exact) mass is 269 g/mol. The summed E-state index contributed by atoms with van der Waals surface area (Å²) in [5, 5.41) is 12.0. The summed E-state index contributed by atoms with van der Waals surface area (Å²) in [5.74, 6) is 0.182. The third kappa shape index (κ3) is 1.97. The molecular weight excluding hydrogens is 254 g/mol. The first kappa shape index (κ1) is 12.5. The minimum atomic E-state index is -0.449. The summed E-state index contributed by atoms with van der Waals surface area (Å²) in [7, 11) is 0. The first-order valence-electron chi connectivity index (χ1n) is 6.58. The molecular formula is C14H15N5O. The van der Waals surface area contributed by atoms with E-state index in [-0.39, 0.29) is 11.9 Å². The summed E-state index contributed by atoms with van der Waals surface area (Å²) in [6, 6.07) is 7.22. The predicted octanol–water partition coefficient (Wildman–Crippen LogP) is 1.33. The highest BCUT2D eigenvalue weighted by molar-refractivity contribution is 5.88. The van der Waals surface area contributed by atoms with Gasteiger partial charge >= 0.3 is 0 Å². The van der Waals surface area contributed by atoms with Gasteiger partial charge in [-0.2, -0.15) is 5.26 Å². The van der Waals surface area contributed by atoms with Crippen molar-refractivity contribution in [2.75, 3.05) is 5.73 Å². The van der Waals surface area contributed by atoms with Crippen molar-refractivity contribution in [3.8, 4) is 6.07 Å². The van der Waals surface area contributed by atoms with Crippen LogP contribution >= 0.6 is 0 Å². The molecule has 3 rings (SSSR count). The molecule has 1 saturated carbocycles. The molecule has 20 heavy (non-hydrogen) atoms. The maximum atomic E-state index is 12.2. The predicted molar refractivity (Wildman–Crippen MR) is 74.7 cm³/mol. The molecule has 6 nitrogen and oxygen atoms in total. The minimum absolute atomic E-state index is 0.0686. The first-order chi connectivity index (χ1) is 9.61. The zero-order valence-electron chi connectivity index (χ0n) is 11.1. The Labute approximate surface area is 116 Å². The van der Waals surface area contributed by atoms with E-state index in [4.69, 9.17) is 11.0 Å². The van der Waals surface area contributed by atoms with Crippen LogP contribution in [-0.4, -0.2) is 21.5 Å². The lowest BCUT2D eigenvalue weighted by Crippen LogP contribution is -2.32. The van der Waals surface area contributed by atoms with E-state index in [0.717, 1.165) is 12.8 Å². The average molecular weight is 269 g/mol. The van der Waals surface area contributed by atoms with Crippen molar-refractivity contribution in [2.45, 2.75) is 31.8 Å². The van der Waals surface area contributed by atoms with E-state index < -0.39 is 6.04 Å². The highest BCUT2D eigenvalue weighted by Crippen LogP contribution is 2.26. The Kier molecular flexibility index (Phi) is 2.83. The van der Waals surface area contributed by atoms with Crippen molar-refractivity contribution >= 4 is 22.9 Å². The van der Waals surface area contributed by atoms with E-state index in [0.29, 0.717) is 22.6 Å². The van der Waals surface area contributed by atoms with Crippen LogP contribution in [0, 0.1) is 11.3 Å². The summed E-state index contributed by atoms with van der Waals surface area (Å²) in [6.07, 6.45) is 2.08. The normalized spacial score (nSPS) is 15.8. The summed E-state index contributed by atoms with van der Waals surface area (Å²) >= 11 is 0. The van der Waals surface area contributed by atoms with Crippen LogP contribution in [0.1, 0.15) is 31.4 Å². The highest BCUT2D eigenvalue weighted by atomic mass is 16.2. The molecule has 1 unspecified atom stereocenters. The zero-order valence-corrected chi connectivity index (χ0v) is 11.1. The van der Waals surface area contributed by atoms with Gasteiger partial charge in [-0.05, 0) is 31.9 Å². The molecule has 1 heterocycles. The molecule has 1 atom stereocenters. The molecule has 0 saturated heterocycles. The lowest BCUT2D eigenvalue weighted by Gasteiger charge is -2.15.